The van der Waals surface area contributed by atoms with E-state index in [1.54, 1.807) is 27.9 Å². The highest BCUT2D eigenvalue weighted by Gasteiger charge is 2.61. The van der Waals surface area contributed by atoms with Crippen molar-refractivity contribution in [3.05, 3.63) is 42.6 Å². The maximum absolute atomic E-state index is 14.4. The van der Waals surface area contributed by atoms with E-state index in [0.29, 0.717) is 17.4 Å². The average molecular weight is 650 g/mol. The SMILES string of the molecule is C=C[C@@H]1C[C@]1(NC(=O)[C@@H]1C[C@@H](Oc2cc(C3CC3)nc3cc(OC)ccc23)CN1C(=O)[C@@H](CC(=O)OC(C)(C)C)C(C)(C)C)C(=O)O. The largest absolute Gasteiger partial charge is 0.497 e. The van der Waals surface area contributed by atoms with Gasteiger partial charge in [0.15, 0.2) is 0 Å². The molecule has 0 bridgehead atoms. The maximum Gasteiger partial charge on any atom is 0.330 e. The summed E-state index contributed by atoms with van der Waals surface area (Å²) in [4.78, 5) is 59.8. The minimum atomic E-state index is -1.47. The van der Waals surface area contributed by atoms with Gasteiger partial charge < -0.3 is 29.5 Å². The summed E-state index contributed by atoms with van der Waals surface area (Å²) in [6.07, 6.45) is 3.19. The van der Waals surface area contributed by atoms with E-state index < -0.39 is 64.3 Å². The van der Waals surface area contributed by atoms with Crippen LogP contribution in [0.25, 0.3) is 10.9 Å². The predicted molar refractivity (Wildman–Crippen MR) is 175 cm³/mol. The summed E-state index contributed by atoms with van der Waals surface area (Å²) in [5.74, 6) is -2.25. The molecule has 11 nitrogen and oxygen atoms in total. The van der Waals surface area contributed by atoms with Crippen LogP contribution < -0.4 is 14.8 Å². The van der Waals surface area contributed by atoms with Gasteiger partial charge in [-0.3, -0.25) is 19.4 Å². The molecule has 11 heteroatoms. The number of fused-ring (bicyclic) bond motifs is 1. The Kier molecular flexibility index (Phi) is 9.07. The summed E-state index contributed by atoms with van der Waals surface area (Å²) in [7, 11) is 1.60. The Labute approximate surface area is 276 Å². The van der Waals surface area contributed by atoms with Crippen LogP contribution in [0, 0.1) is 17.3 Å². The van der Waals surface area contributed by atoms with Crippen LogP contribution in [-0.2, 0) is 23.9 Å². The van der Waals surface area contributed by atoms with Crippen molar-refractivity contribution in [3.8, 4) is 11.5 Å². The first-order valence-corrected chi connectivity index (χ1v) is 16.3. The van der Waals surface area contributed by atoms with E-state index in [-0.39, 0.29) is 25.8 Å². The third kappa shape index (κ3) is 7.39. The summed E-state index contributed by atoms with van der Waals surface area (Å²) >= 11 is 0. The predicted octanol–water partition coefficient (Wildman–Crippen LogP) is 5.01. The Morgan fingerprint density at radius 1 is 1.15 bits per heavy atom. The molecule has 2 aliphatic carbocycles. The quantitative estimate of drug-likeness (QED) is 0.254. The van der Waals surface area contributed by atoms with Crippen molar-refractivity contribution in [2.45, 2.75) is 103 Å². The van der Waals surface area contributed by atoms with E-state index in [1.807, 2.05) is 45.0 Å². The van der Waals surface area contributed by atoms with Crippen LogP contribution in [0.4, 0.5) is 0 Å². The molecule has 254 valence electrons. The van der Waals surface area contributed by atoms with Gasteiger partial charge in [-0.2, -0.15) is 0 Å². The van der Waals surface area contributed by atoms with Gasteiger partial charge >= 0.3 is 11.9 Å². The lowest BCUT2D eigenvalue weighted by Gasteiger charge is -2.35. The molecule has 3 fully saturated rings. The van der Waals surface area contributed by atoms with Gasteiger partial charge in [0.25, 0.3) is 0 Å². The Bertz CT molecular complexity index is 1590. The second kappa shape index (κ2) is 12.5. The van der Waals surface area contributed by atoms with Crippen LogP contribution in [0.5, 0.6) is 11.5 Å². The molecule has 1 aliphatic heterocycles. The fourth-order valence-corrected chi connectivity index (χ4v) is 6.40. The number of nitrogens with zero attached hydrogens (tertiary/aromatic N) is 2. The molecule has 2 saturated carbocycles. The zero-order chi connectivity index (χ0) is 34.5. The van der Waals surface area contributed by atoms with Gasteiger partial charge in [-0.25, -0.2) is 4.79 Å². The zero-order valence-corrected chi connectivity index (χ0v) is 28.4. The number of carbonyl (C=O) groups excluding carboxylic acids is 3. The van der Waals surface area contributed by atoms with Gasteiger partial charge in [0.1, 0.15) is 34.8 Å². The minimum absolute atomic E-state index is 0.0709. The highest BCUT2D eigenvalue weighted by atomic mass is 16.6. The zero-order valence-electron chi connectivity index (χ0n) is 28.4. The number of pyridine rings is 1. The number of aromatic nitrogens is 1. The minimum Gasteiger partial charge on any atom is -0.497 e. The highest BCUT2D eigenvalue weighted by molar-refractivity contribution is 5.96. The smallest absolute Gasteiger partial charge is 0.330 e. The molecular formula is C36H47N3O8. The number of hydrogen-bond acceptors (Lipinski definition) is 8. The molecule has 2 amide bonds. The van der Waals surface area contributed by atoms with Gasteiger partial charge in [-0.05, 0) is 57.6 Å². The Balaban J connectivity index is 1.47. The standard InChI is InChI=1S/C36H47N3O8/c1-9-21-18-36(21,33(43)44)38-31(41)28-15-23(19-39(28)32(42)25(34(2,3)4)16-30(40)47-35(5,6)7)46-29-17-26(20-10-11-20)37-27-14-22(45-8)12-13-24(27)29/h9,12-14,17,20-21,23,25,28H,1,10-11,15-16,18-19H2,2-8H3,(H,38,41)(H,43,44)/t21-,23-,25-,28+,36-/m1/s1. The molecule has 0 radical (unpaired) electrons. The molecule has 0 unspecified atom stereocenters. The lowest BCUT2D eigenvalue weighted by Crippen LogP contribution is -2.54. The van der Waals surface area contributed by atoms with Gasteiger partial charge in [-0.1, -0.05) is 26.8 Å². The number of amides is 2. The average Bonchev–Trinajstić information content (AvgIpc) is 3.90. The number of hydrogen-bond donors (Lipinski definition) is 2. The normalized spacial score (nSPS) is 24.7. The van der Waals surface area contributed by atoms with Crippen molar-refractivity contribution in [2.24, 2.45) is 17.3 Å². The lowest BCUT2D eigenvalue weighted by atomic mass is 9.77. The van der Waals surface area contributed by atoms with E-state index in [2.05, 4.69) is 11.9 Å². The van der Waals surface area contributed by atoms with E-state index in [9.17, 15) is 24.3 Å². The first-order chi connectivity index (χ1) is 22.0. The Morgan fingerprint density at radius 3 is 2.40 bits per heavy atom. The van der Waals surface area contributed by atoms with Crippen molar-refractivity contribution in [2.75, 3.05) is 13.7 Å². The third-order valence-corrected chi connectivity index (χ3v) is 9.30. The summed E-state index contributed by atoms with van der Waals surface area (Å²) in [5, 5.41) is 13.5. The molecule has 0 spiro atoms. The highest BCUT2D eigenvalue weighted by Crippen LogP contribution is 2.46. The number of benzene rings is 1. The number of carboxylic acid groups (broad SMARTS) is 1. The van der Waals surface area contributed by atoms with Crippen LogP contribution in [0.3, 0.4) is 0 Å². The van der Waals surface area contributed by atoms with Gasteiger partial charge in [0, 0.05) is 41.5 Å². The van der Waals surface area contributed by atoms with Crippen molar-refractivity contribution in [1.82, 2.24) is 15.2 Å². The Hall–Kier alpha value is -4.15. The van der Waals surface area contributed by atoms with E-state index in [0.717, 1.165) is 29.4 Å². The van der Waals surface area contributed by atoms with Crippen molar-refractivity contribution in [1.29, 1.82) is 0 Å². The third-order valence-electron chi connectivity index (χ3n) is 9.30. The van der Waals surface area contributed by atoms with Gasteiger partial charge in [-0.15, -0.1) is 6.58 Å². The number of carboxylic acids is 1. The maximum atomic E-state index is 14.4. The molecule has 1 aromatic heterocycles. The van der Waals surface area contributed by atoms with Crippen LogP contribution >= 0.6 is 0 Å². The van der Waals surface area contributed by atoms with Crippen molar-refractivity contribution < 1.29 is 38.5 Å². The summed E-state index contributed by atoms with van der Waals surface area (Å²) in [6.45, 7) is 14.7. The van der Waals surface area contributed by atoms with Crippen LogP contribution in [0.2, 0.25) is 0 Å². The molecule has 3 aliphatic rings. The summed E-state index contributed by atoms with van der Waals surface area (Å²) in [6, 6.07) is 6.48. The second-order valence-corrected chi connectivity index (χ2v) is 15.2. The topological polar surface area (TPSA) is 144 Å². The number of aliphatic carboxylic acids is 1. The number of rotatable bonds is 11. The first-order valence-electron chi connectivity index (χ1n) is 16.3. The molecule has 2 heterocycles. The number of esters is 1. The molecule has 5 rings (SSSR count). The number of ether oxygens (including phenoxy) is 3. The Morgan fingerprint density at radius 2 is 1.85 bits per heavy atom. The molecule has 1 aromatic carbocycles. The van der Waals surface area contributed by atoms with E-state index >= 15 is 0 Å². The number of nitrogens with one attached hydrogen (secondary N) is 1. The fraction of sp³-hybridized carbons (Fsp3) is 0.583. The molecule has 2 aromatic rings. The molecule has 1 saturated heterocycles. The summed E-state index contributed by atoms with van der Waals surface area (Å²) in [5.41, 5.74) is -1.21. The van der Waals surface area contributed by atoms with Gasteiger partial charge in [0.2, 0.25) is 11.8 Å². The number of methoxy groups -OCH3 is 1. The van der Waals surface area contributed by atoms with Crippen molar-refractivity contribution in [3.63, 3.8) is 0 Å². The molecular weight excluding hydrogens is 602 g/mol. The van der Waals surface area contributed by atoms with Crippen LogP contribution in [-0.4, -0.2) is 75.7 Å². The number of carbonyl (C=O) groups is 4. The summed E-state index contributed by atoms with van der Waals surface area (Å²) < 4.78 is 17.6. The molecule has 2 N–H and O–H groups in total. The van der Waals surface area contributed by atoms with Crippen LogP contribution in [0.1, 0.15) is 85.3 Å². The monoisotopic (exact) mass is 649 g/mol. The van der Waals surface area contributed by atoms with E-state index in [1.165, 1.54) is 11.0 Å². The fourth-order valence-electron chi connectivity index (χ4n) is 6.40. The lowest BCUT2D eigenvalue weighted by molar-refractivity contribution is -0.161. The van der Waals surface area contributed by atoms with Crippen molar-refractivity contribution >= 4 is 34.7 Å². The number of likely N-dealkylation sites (tertiary alicyclic amines) is 1. The molecule has 5 atom stereocenters. The van der Waals surface area contributed by atoms with Gasteiger partial charge in [0.05, 0.1) is 31.5 Å². The second-order valence-electron chi connectivity index (χ2n) is 15.2. The molecule has 47 heavy (non-hydrogen) atoms. The van der Waals surface area contributed by atoms with E-state index in [4.69, 9.17) is 19.2 Å². The first kappa shape index (κ1) is 34.2. The van der Waals surface area contributed by atoms with Crippen LogP contribution in [0.15, 0.2) is 36.9 Å².